The van der Waals surface area contributed by atoms with Crippen LogP contribution in [-0.4, -0.2) is 38.8 Å². The predicted molar refractivity (Wildman–Crippen MR) is 78.8 cm³/mol. The maximum atomic E-state index is 13.4. The van der Waals surface area contributed by atoms with Crippen LogP contribution in [0.4, 0.5) is 4.39 Å². The van der Waals surface area contributed by atoms with Crippen molar-refractivity contribution in [2.45, 2.75) is 31.9 Å². The van der Waals surface area contributed by atoms with E-state index in [2.05, 4.69) is 10.2 Å². The summed E-state index contributed by atoms with van der Waals surface area (Å²) in [6, 6.07) is 7.54. The van der Waals surface area contributed by atoms with Gasteiger partial charge in [-0.2, -0.15) is 5.10 Å². The number of carbonyl (C=O) groups is 1. The van der Waals surface area contributed by atoms with Crippen LogP contribution in [0.15, 0.2) is 30.3 Å². The highest BCUT2D eigenvalue weighted by molar-refractivity contribution is 5.93. The Balaban J connectivity index is 1.88. The zero-order chi connectivity index (χ0) is 15.7. The molecule has 1 amide bonds. The van der Waals surface area contributed by atoms with E-state index in [0.29, 0.717) is 17.7 Å². The van der Waals surface area contributed by atoms with E-state index in [-0.39, 0.29) is 24.3 Å². The Morgan fingerprint density at radius 1 is 1.50 bits per heavy atom. The molecule has 3 rings (SSSR count). The lowest BCUT2D eigenvalue weighted by Crippen LogP contribution is -2.32. The summed E-state index contributed by atoms with van der Waals surface area (Å²) >= 11 is 0. The summed E-state index contributed by atoms with van der Waals surface area (Å²) in [6.45, 7) is 2.20. The van der Waals surface area contributed by atoms with E-state index in [9.17, 15) is 14.3 Å². The maximum absolute atomic E-state index is 13.4. The number of hydrogen-bond acceptors (Lipinski definition) is 3. The Morgan fingerprint density at radius 2 is 2.32 bits per heavy atom. The van der Waals surface area contributed by atoms with Gasteiger partial charge in [-0.25, -0.2) is 4.39 Å². The van der Waals surface area contributed by atoms with E-state index in [1.54, 1.807) is 23.1 Å². The number of aliphatic hydroxyl groups excluding tert-OH is 1. The fourth-order valence-electron chi connectivity index (χ4n) is 2.87. The van der Waals surface area contributed by atoms with E-state index < -0.39 is 6.10 Å². The zero-order valence-electron chi connectivity index (χ0n) is 12.3. The van der Waals surface area contributed by atoms with Crippen LogP contribution in [0.1, 0.15) is 41.1 Å². The molecule has 2 aromatic rings. The number of hydrogen-bond donors (Lipinski definition) is 2. The molecule has 0 saturated carbocycles. The number of aryl methyl sites for hydroxylation is 1. The van der Waals surface area contributed by atoms with E-state index in [0.717, 1.165) is 12.1 Å². The minimum absolute atomic E-state index is 0.230. The Kier molecular flexibility index (Phi) is 3.94. The summed E-state index contributed by atoms with van der Waals surface area (Å²) in [4.78, 5) is 14.2. The van der Waals surface area contributed by atoms with Crippen molar-refractivity contribution in [3.63, 3.8) is 0 Å². The molecule has 116 valence electrons. The van der Waals surface area contributed by atoms with Crippen molar-refractivity contribution in [2.24, 2.45) is 0 Å². The molecule has 6 heteroatoms. The summed E-state index contributed by atoms with van der Waals surface area (Å²) in [5.74, 6) is -0.596. The van der Waals surface area contributed by atoms with Crippen molar-refractivity contribution in [2.75, 3.05) is 6.54 Å². The second kappa shape index (κ2) is 5.88. The number of H-pyrrole nitrogens is 1. The van der Waals surface area contributed by atoms with Gasteiger partial charge in [0.15, 0.2) is 0 Å². The van der Waals surface area contributed by atoms with Crippen LogP contribution in [0, 0.1) is 5.82 Å². The first kappa shape index (κ1) is 14.7. The van der Waals surface area contributed by atoms with Crippen molar-refractivity contribution in [3.8, 4) is 0 Å². The molecule has 0 unspecified atom stereocenters. The van der Waals surface area contributed by atoms with Crippen molar-refractivity contribution in [1.82, 2.24) is 15.1 Å². The molecule has 0 bridgehead atoms. The van der Waals surface area contributed by atoms with E-state index in [4.69, 9.17) is 0 Å². The number of rotatable bonds is 3. The highest BCUT2D eigenvalue weighted by Gasteiger charge is 2.36. The third-order valence-corrected chi connectivity index (χ3v) is 4.00. The summed E-state index contributed by atoms with van der Waals surface area (Å²) < 4.78 is 13.4. The molecule has 2 N–H and O–H groups in total. The first-order valence-electron chi connectivity index (χ1n) is 7.37. The maximum Gasteiger partial charge on any atom is 0.274 e. The van der Waals surface area contributed by atoms with Crippen molar-refractivity contribution >= 4 is 5.91 Å². The zero-order valence-corrected chi connectivity index (χ0v) is 12.3. The number of halogens is 1. The van der Waals surface area contributed by atoms with Gasteiger partial charge < -0.3 is 10.0 Å². The second-order valence-corrected chi connectivity index (χ2v) is 5.55. The number of aromatic amines is 1. The van der Waals surface area contributed by atoms with Gasteiger partial charge in [0.2, 0.25) is 0 Å². The van der Waals surface area contributed by atoms with Crippen LogP contribution < -0.4 is 0 Å². The first-order chi connectivity index (χ1) is 10.6. The Morgan fingerprint density at radius 3 is 3.00 bits per heavy atom. The second-order valence-electron chi connectivity index (χ2n) is 5.55. The fourth-order valence-corrected chi connectivity index (χ4v) is 2.87. The van der Waals surface area contributed by atoms with E-state index in [1.807, 2.05) is 6.92 Å². The lowest BCUT2D eigenvalue weighted by atomic mass is 10.0. The molecule has 0 aliphatic carbocycles. The SMILES string of the molecule is CCc1cc(C(=O)N2C[C@@H](O)C[C@H]2c2cccc(F)c2)n[nH]1. The minimum Gasteiger partial charge on any atom is -0.391 e. The van der Waals surface area contributed by atoms with E-state index >= 15 is 0 Å². The molecular weight excluding hydrogens is 285 g/mol. The van der Waals surface area contributed by atoms with Crippen molar-refractivity contribution in [3.05, 3.63) is 53.1 Å². The van der Waals surface area contributed by atoms with Gasteiger partial charge in [0.25, 0.3) is 5.91 Å². The van der Waals surface area contributed by atoms with Gasteiger partial charge in [-0.15, -0.1) is 0 Å². The lowest BCUT2D eigenvalue weighted by Gasteiger charge is -2.24. The third kappa shape index (κ3) is 2.74. The number of benzene rings is 1. The lowest BCUT2D eigenvalue weighted by molar-refractivity contribution is 0.0709. The summed E-state index contributed by atoms with van der Waals surface area (Å²) in [5.41, 5.74) is 1.90. The number of carbonyl (C=O) groups excluding carboxylic acids is 1. The van der Waals surface area contributed by atoms with Gasteiger partial charge in [-0.3, -0.25) is 9.89 Å². The Hall–Kier alpha value is -2.21. The quantitative estimate of drug-likeness (QED) is 0.912. The molecule has 5 nitrogen and oxygen atoms in total. The van der Waals surface area contributed by atoms with Crippen LogP contribution >= 0.6 is 0 Å². The standard InChI is InChI=1S/C16H18FN3O2/c1-2-12-7-14(19-18-12)16(22)20-9-13(21)8-15(20)10-4-3-5-11(17)6-10/h3-7,13,15,21H,2,8-9H2,1H3,(H,18,19)/t13-,15-/m0/s1. The molecule has 1 fully saturated rings. The molecule has 1 saturated heterocycles. The molecule has 1 aliphatic rings. The summed E-state index contributed by atoms with van der Waals surface area (Å²) in [7, 11) is 0. The van der Waals surface area contributed by atoms with Crippen LogP contribution in [-0.2, 0) is 6.42 Å². The van der Waals surface area contributed by atoms with Gasteiger partial charge in [0, 0.05) is 12.2 Å². The monoisotopic (exact) mass is 303 g/mol. The molecule has 1 aromatic heterocycles. The normalized spacial score (nSPS) is 21.3. The molecule has 2 heterocycles. The molecule has 0 spiro atoms. The molecular formula is C16H18FN3O2. The summed E-state index contributed by atoms with van der Waals surface area (Å²) in [5, 5.41) is 16.8. The molecule has 1 aliphatic heterocycles. The summed E-state index contributed by atoms with van der Waals surface area (Å²) in [6.07, 6.45) is 0.554. The molecule has 1 aromatic carbocycles. The minimum atomic E-state index is -0.609. The van der Waals surface area contributed by atoms with Gasteiger partial charge in [0.05, 0.1) is 12.1 Å². The van der Waals surface area contributed by atoms with Gasteiger partial charge in [0.1, 0.15) is 11.5 Å². The number of amides is 1. The fraction of sp³-hybridized carbons (Fsp3) is 0.375. The van der Waals surface area contributed by atoms with Crippen LogP contribution in [0.2, 0.25) is 0 Å². The van der Waals surface area contributed by atoms with Crippen molar-refractivity contribution in [1.29, 1.82) is 0 Å². The van der Waals surface area contributed by atoms with Crippen LogP contribution in [0.5, 0.6) is 0 Å². The van der Waals surface area contributed by atoms with Crippen LogP contribution in [0.3, 0.4) is 0 Å². The number of likely N-dealkylation sites (tertiary alicyclic amines) is 1. The van der Waals surface area contributed by atoms with Gasteiger partial charge in [-0.1, -0.05) is 19.1 Å². The molecule has 2 atom stereocenters. The van der Waals surface area contributed by atoms with Crippen molar-refractivity contribution < 1.29 is 14.3 Å². The van der Waals surface area contributed by atoms with Crippen LogP contribution in [0.25, 0.3) is 0 Å². The average Bonchev–Trinajstić information content (AvgIpc) is 3.13. The Labute approximate surface area is 127 Å². The number of nitrogens with zero attached hydrogens (tertiary/aromatic N) is 2. The van der Waals surface area contributed by atoms with Gasteiger partial charge >= 0.3 is 0 Å². The Bertz CT molecular complexity index is 686. The number of aliphatic hydroxyl groups is 1. The van der Waals surface area contributed by atoms with E-state index in [1.165, 1.54) is 12.1 Å². The molecule has 22 heavy (non-hydrogen) atoms. The smallest absolute Gasteiger partial charge is 0.274 e. The number of nitrogens with one attached hydrogen (secondary N) is 1. The third-order valence-electron chi connectivity index (χ3n) is 4.00. The largest absolute Gasteiger partial charge is 0.391 e. The number of β-amino-alcohol motifs (C(OH)–C–C–N with tert-alkyl or cyclic N) is 1. The topological polar surface area (TPSA) is 69.2 Å². The predicted octanol–water partition coefficient (Wildman–Crippen LogP) is 2.06. The highest BCUT2D eigenvalue weighted by Crippen LogP contribution is 2.33. The average molecular weight is 303 g/mol. The number of aromatic nitrogens is 2. The van der Waals surface area contributed by atoms with Gasteiger partial charge in [-0.05, 0) is 36.6 Å². The first-order valence-corrected chi connectivity index (χ1v) is 7.37. The molecule has 0 radical (unpaired) electrons. The highest BCUT2D eigenvalue weighted by atomic mass is 19.1.